The molecular formula is C18H23N3. The van der Waals surface area contributed by atoms with Crippen molar-refractivity contribution in [2.45, 2.75) is 25.7 Å². The molecule has 0 aliphatic carbocycles. The summed E-state index contributed by atoms with van der Waals surface area (Å²) in [5, 5.41) is 2.58. The maximum absolute atomic E-state index is 6.08. The van der Waals surface area contributed by atoms with E-state index in [1.807, 2.05) is 0 Å². The van der Waals surface area contributed by atoms with Crippen LogP contribution in [-0.2, 0) is 6.42 Å². The molecule has 0 unspecified atom stereocenters. The van der Waals surface area contributed by atoms with Gasteiger partial charge in [0.25, 0.3) is 0 Å². The molecule has 1 fully saturated rings. The molecule has 3 nitrogen and oxygen atoms in total. The van der Waals surface area contributed by atoms with Crippen molar-refractivity contribution in [2.24, 2.45) is 10.7 Å². The first-order chi connectivity index (χ1) is 10.3. The Labute approximate surface area is 126 Å². The van der Waals surface area contributed by atoms with Crippen LogP contribution in [0.4, 0.5) is 0 Å². The number of nitrogens with zero attached hydrogens (tertiary/aromatic N) is 2. The van der Waals surface area contributed by atoms with Crippen LogP contribution in [0.25, 0.3) is 10.8 Å². The fraction of sp³-hybridized carbons (Fsp3) is 0.389. The normalized spacial score (nSPS) is 16.4. The second-order valence-corrected chi connectivity index (χ2v) is 5.72. The molecule has 21 heavy (non-hydrogen) atoms. The van der Waals surface area contributed by atoms with Crippen molar-refractivity contribution in [2.75, 3.05) is 19.6 Å². The zero-order valence-corrected chi connectivity index (χ0v) is 12.5. The molecule has 1 saturated heterocycles. The van der Waals surface area contributed by atoms with Crippen LogP contribution < -0.4 is 5.73 Å². The standard InChI is InChI=1S/C18H23N3/c19-18(21-12-4-1-5-13-21)20-11-10-15-8-9-16-6-2-3-7-17(16)14-15/h2-3,6-9,14H,1,4-5,10-13H2,(H2,19,20). The summed E-state index contributed by atoms with van der Waals surface area (Å²) in [5.74, 6) is 0.718. The average Bonchev–Trinajstić information content (AvgIpc) is 2.55. The third kappa shape index (κ3) is 3.54. The van der Waals surface area contributed by atoms with Gasteiger partial charge in [-0.3, -0.25) is 4.99 Å². The van der Waals surface area contributed by atoms with E-state index in [4.69, 9.17) is 5.73 Å². The summed E-state index contributed by atoms with van der Waals surface area (Å²) in [5.41, 5.74) is 7.40. The maximum atomic E-state index is 6.08. The number of guanidine groups is 1. The molecule has 0 bridgehead atoms. The molecule has 1 aliphatic rings. The van der Waals surface area contributed by atoms with Crippen LogP contribution >= 0.6 is 0 Å². The minimum absolute atomic E-state index is 0.718. The van der Waals surface area contributed by atoms with Crippen LogP contribution in [0, 0.1) is 0 Å². The Hall–Kier alpha value is -2.03. The Bertz CT molecular complexity index is 627. The molecule has 0 atom stereocenters. The van der Waals surface area contributed by atoms with Crippen molar-refractivity contribution in [3.63, 3.8) is 0 Å². The van der Waals surface area contributed by atoms with Crippen molar-refractivity contribution in [3.05, 3.63) is 48.0 Å². The first-order valence-corrected chi connectivity index (χ1v) is 7.85. The van der Waals surface area contributed by atoms with Gasteiger partial charge in [0.2, 0.25) is 0 Å². The summed E-state index contributed by atoms with van der Waals surface area (Å²) < 4.78 is 0. The molecule has 0 saturated carbocycles. The topological polar surface area (TPSA) is 41.6 Å². The number of rotatable bonds is 3. The lowest BCUT2D eigenvalue weighted by Crippen LogP contribution is -2.41. The van der Waals surface area contributed by atoms with E-state index in [-0.39, 0.29) is 0 Å². The van der Waals surface area contributed by atoms with E-state index in [1.54, 1.807) is 0 Å². The molecule has 2 N–H and O–H groups in total. The van der Waals surface area contributed by atoms with E-state index >= 15 is 0 Å². The third-order valence-corrected chi connectivity index (χ3v) is 4.17. The van der Waals surface area contributed by atoms with Crippen molar-refractivity contribution >= 4 is 16.7 Å². The minimum atomic E-state index is 0.718. The van der Waals surface area contributed by atoms with Gasteiger partial charge in [0.1, 0.15) is 0 Å². The largest absolute Gasteiger partial charge is 0.370 e. The van der Waals surface area contributed by atoms with Crippen molar-refractivity contribution in [3.8, 4) is 0 Å². The van der Waals surface area contributed by atoms with Gasteiger partial charge >= 0.3 is 0 Å². The Kier molecular flexibility index (Phi) is 4.39. The van der Waals surface area contributed by atoms with Crippen molar-refractivity contribution < 1.29 is 0 Å². The molecule has 2 aromatic carbocycles. The predicted molar refractivity (Wildman–Crippen MR) is 89.6 cm³/mol. The van der Waals surface area contributed by atoms with Gasteiger partial charge in [0, 0.05) is 19.6 Å². The highest BCUT2D eigenvalue weighted by molar-refractivity contribution is 5.83. The lowest BCUT2D eigenvalue weighted by atomic mass is 10.1. The number of piperidine rings is 1. The summed E-state index contributed by atoms with van der Waals surface area (Å²) in [7, 11) is 0. The summed E-state index contributed by atoms with van der Waals surface area (Å²) >= 11 is 0. The smallest absolute Gasteiger partial charge is 0.191 e. The number of hydrogen-bond acceptors (Lipinski definition) is 1. The number of nitrogens with two attached hydrogens (primary N) is 1. The summed E-state index contributed by atoms with van der Waals surface area (Å²) in [6.07, 6.45) is 4.74. The minimum Gasteiger partial charge on any atom is -0.370 e. The highest BCUT2D eigenvalue weighted by atomic mass is 15.2. The first kappa shape index (κ1) is 13.9. The molecule has 3 heteroatoms. The van der Waals surface area contributed by atoms with Gasteiger partial charge in [-0.25, -0.2) is 0 Å². The highest BCUT2D eigenvalue weighted by Crippen LogP contribution is 2.16. The average molecular weight is 281 g/mol. The Balaban J connectivity index is 1.60. The Morgan fingerprint density at radius 2 is 1.76 bits per heavy atom. The van der Waals surface area contributed by atoms with E-state index < -0.39 is 0 Å². The third-order valence-electron chi connectivity index (χ3n) is 4.17. The van der Waals surface area contributed by atoms with E-state index in [2.05, 4.69) is 52.4 Å². The number of hydrogen-bond donors (Lipinski definition) is 1. The Morgan fingerprint density at radius 3 is 2.57 bits per heavy atom. The lowest BCUT2D eigenvalue weighted by Gasteiger charge is -2.27. The SMILES string of the molecule is NC(=NCCc1ccc2ccccc2c1)N1CCCCC1. The summed E-state index contributed by atoms with van der Waals surface area (Å²) in [6, 6.07) is 15.1. The van der Waals surface area contributed by atoms with Gasteiger partial charge < -0.3 is 10.6 Å². The molecule has 110 valence electrons. The van der Waals surface area contributed by atoms with Crippen LogP contribution in [-0.4, -0.2) is 30.5 Å². The molecule has 1 aliphatic heterocycles. The van der Waals surface area contributed by atoms with Crippen LogP contribution in [0.1, 0.15) is 24.8 Å². The van der Waals surface area contributed by atoms with Crippen LogP contribution in [0.2, 0.25) is 0 Å². The maximum Gasteiger partial charge on any atom is 0.191 e. The molecule has 2 aromatic rings. The quantitative estimate of drug-likeness (QED) is 0.693. The molecule has 0 radical (unpaired) electrons. The molecule has 1 heterocycles. The van der Waals surface area contributed by atoms with E-state index in [0.717, 1.165) is 32.0 Å². The molecule has 0 amide bonds. The number of aliphatic imine (C=N–C) groups is 1. The van der Waals surface area contributed by atoms with E-state index in [1.165, 1.54) is 35.6 Å². The van der Waals surface area contributed by atoms with Gasteiger partial charge in [0.15, 0.2) is 5.96 Å². The second kappa shape index (κ2) is 6.61. The fourth-order valence-electron chi connectivity index (χ4n) is 2.92. The number of benzene rings is 2. The van der Waals surface area contributed by atoms with Crippen LogP contribution in [0.5, 0.6) is 0 Å². The van der Waals surface area contributed by atoms with Gasteiger partial charge in [-0.15, -0.1) is 0 Å². The number of likely N-dealkylation sites (tertiary alicyclic amines) is 1. The van der Waals surface area contributed by atoms with E-state index in [0.29, 0.717) is 0 Å². The van der Waals surface area contributed by atoms with Crippen LogP contribution in [0.15, 0.2) is 47.5 Å². The lowest BCUT2D eigenvalue weighted by molar-refractivity contribution is 0.338. The van der Waals surface area contributed by atoms with E-state index in [9.17, 15) is 0 Å². The molecule has 3 rings (SSSR count). The second-order valence-electron chi connectivity index (χ2n) is 5.72. The van der Waals surface area contributed by atoms with Gasteiger partial charge in [0.05, 0.1) is 0 Å². The Morgan fingerprint density at radius 1 is 1.00 bits per heavy atom. The van der Waals surface area contributed by atoms with Gasteiger partial charge in [-0.05, 0) is 42.0 Å². The summed E-state index contributed by atoms with van der Waals surface area (Å²) in [6.45, 7) is 2.89. The number of fused-ring (bicyclic) bond motifs is 1. The monoisotopic (exact) mass is 281 g/mol. The predicted octanol–water partition coefficient (Wildman–Crippen LogP) is 3.18. The zero-order valence-electron chi connectivity index (χ0n) is 12.5. The van der Waals surface area contributed by atoms with Crippen molar-refractivity contribution in [1.29, 1.82) is 0 Å². The zero-order chi connectivity index (χ0) is 14.5. The van der Waals surface area contributed by atoms with Gasteiger partial charge in [-0.2, -0.15) is 0 Å². The fourth-order valence-corrected chi connectivity index (χ4v) is 2.92. The molecule has 0 spiro atoms. The van der Waals surface area contributed by atoms with Crippen LogP contribution in [0.3, 0.4) is 0 Å². The first-order valence-electron chi connectivity index (χ1n) is 7.85. The van der Waals surface area contributed by atoms with Gasteiger partial charge in [-0.1, -0.05) is 42.5 Å². The van der Waals surface area contributed by atoms with Crippen molar-refractivity contribution in [1.82, 2.24) is 4.90 Å². The highest BCUT2D eigenvalue weighted by Gasteiger charge is 2.11. The molecular weight excluding hydrogens is 258 g/mol. The molecule has 0 aromatic heterocycles. The summed E-state index contributed by atoms with van der Waals surface area (Å²) in [4.78, 5) is 6.76.